The number of hydrogen-bond donors (Lipinski definition) is 1. The summed E-state index contributed by atoms with van der Waals surface area (Å²) >= 11 is 0. The molecule has 1 aromatic heterocycles. The molecular weight excluding hydrogens is 171 g/mol. The standard InChI is InChI=1S/C7H6F3NO/c8-7(9,10)1-5-2-11-3-6(5)4-12/h2-4,11H,1H2. The molecule has 0 amide bonds. The number of aromatic amines is 1. The molecule has 0 spiro atoms. The molecule has 0 unspecified atom stereocenters. The molecule has 0 aliphatic heterocycles. The van der Waals surface area contributed by atoms with Crippen LogP contribution in [0, 0.1) is 0 Å². The second-order valence-corrected chi connectivity index (χ2v) is 2.35. The van der Waals surface area contributed by atoms with Crippen molar-refractivity contribution in [3.63, 3.8) is 0 Å². The zero-order chi connectivity index (χ0) is 9.19. The fraction of sp³-hybridized carbons (Fsp3) is 0.286. The maximum absolute atomic E-state index is 11.8. The topological polar surface area (TPSA) is 32.9 Å². The molecule has 0 atom stereocenters. The van der Waals surface area contributed by atoms with E-state index in [4.69, 9.17) is 0 Å². The van der Waals surface area contributed by atoms with Crippen LogP contribution in [-0.2, 0) is 6.42 Å². The molecule has 0 radical (unpaired) electrons. The van der Waals surface area contributed by atoms with Gasteiger partial charge in [-0.3, -0.25) is 4.79 Å². The predicted octanol–water partition coefficient (Wildman–Crippen LogP) is 1.93. The zero-order valence-corrected chi connectivity index (χ0v) is 5.98. The minimum absolute atomic E-state index is 0.0162. The molecule has 0 saturated carbocycles. The summed E-state index contributed by atoms with van der Waals surface area (Å²) in [6.07, 6.45) is -2.51. The molecule has 0 bridgehead atoms. The van der Waals surface area contributed by atoms with Crippen molar-refractivity contribution in [2.45, 2.75) is 12.6 Å². The van der Waals surface area contributed by atoms with E-state index in [-0.39, 0.29) is 11.1 Å². The number of aromatic nitrogens is 1. The molecule has 2 nitrogen and oxygen atoms in total. The third kappa shape index (κ3) is 2.11. The molecule has 0 saturated heterocycles. The van der Waals surface area contributed by atoms with Gasteiger partial charge in [0.1, 0.15) is 0 Å². The summed E-state index contributed by atoms with van der Waals surface area (Å²) in [5.41, 5.74) is 0.0461. The lowest BCUT2D eigenvalue weighted by molar-refractivity contribution is -0.127. The molecule has 0 fully saturated rings. The van der Waals surface area contributed by atoms with Crippen LogP contribution in [0.5, 0.6) is 0 Å². The summed E-state index contributed by atoms with van der Waals surface area (Å²) in [5.74, 6) is 0. The van der Waals surface area contributed by atoms with Crippen LogP contribution in [0.3, 0.4) is 0 Å². The number of alkyl halides is 3. The lowest BCUT2D eigenvalue weighted by Gasteiger charge is -2.03. The SMILES string of the molecule is O=Cc1c[nH]cc1CC(F)(F)F. The van der Waals surface area contributed by atoms with Crippen LogP contribution in [0.2, 0.25) is 0 Å². The normalized spacial score (nSPS) is 11.6. The van der Waals surface area contributed by atoms with E-state index in [0.29, 0.717) is 6.29 Å². The molecule has 0 aliphatic rings. The van der Waals surface area contributed by atoms with Crippen molar-refractivity contribution < 1.29 is 18.0 Å². The first-order valence-corrected chi connectivity index (χ1v) is 3.20. The van der Waals surface area contributed by atoms with E-state index < -0.39 is 12.6 Å². The van der Waals surface area contributed by atoms with Crippen LogP contribution < -0.4 is 0 Å². The predicted molar refractivity (Wildman–Crippen MR) is 35.9 cm³/mol. The quantitative estimate of drug-likeness (QED) is 0.688. The highest BCUT2D eigenvalue weighted by molar-refractivity contribution is 5.76. The largest absolute Gasteiger partial charge is 0.393 e. The Balaban J connectivity index is 2.81. The minimum Gasteiger partial charge on any atom is -0.367 e. The van der Waals surface area contributed by atoms with Crippen LogP contribution >= 0.6 is 0 Å². The van der Waals surface area contributed by atoms with Gasteiger partial charge in [-0.15, -0.1) is 0 Å². The minimum atomic E-state index is -4.26. The number of rotatable bonds is 2. The van der Waals surface area contributed by atoms with Crippen molar-refractivity contribution in [2.75, 3.05) is 0 Å². The molecule has 5 heteroatoms. The highest BCUT2D eigenvalue weighted by Gasteiger charge is 2.28. The van der Waals surface area contributed by atoms with Crippen molar-refractivity contribution in [3.05, 3.63) is 23.5 Å². The van der Waals surface area contributed by atoms with Crippen LogP contribution in [0.1, 0.15) is 15.9 Å². The summed E-state index contributed by atoms with van der Waals surface area (Å²) < 4.78 is 35.4. The Morgan fingerprint density at radius 2 is 2.08 bits per heavy atom. The van der Waals surface area contributed by atoms with Crippen LogP contribution in [0.4, 0.5) is 13.2 Å². The van der Waals surface area contributed by atoms with Crippen molar-refractivity contribution in [3.8, 4) is 0 Å². The first-order chi connectivity index (χ1) is 5.53. The van der Waals surface area contributed by atoms with Crippen molar-refractivity contribution in [1.29, 1.82) is 0 Å². The van der Waals surface area contributed by atoms with Gasteiger partial charge in [0.2, 0.25) is 0 Å². The maximum Gasteiger partial charge on any atom is 0.393 e. The van der Waals surface area contributed by atoms with E-state index in [1.54, 1.807) is 0 Å². The Hall–Kier alpha value is -1.26. The monoisotopic (exact) mass is 177 g/mol. The van der Waals surface area contributed by atoms with E-state index in [2.05, 4.69) is 4.98 Å². The second-order valence-electron chi connectivity index (χ2n) is 2.35. The van der Waals surface area contributed by atoms with Gasteiger partial charge in [0.05, 0.1) is 6.42 Å². The highest BCUT2D eigenvalue weighted by atomic mass is 19.4. The van der Waals surface area contributed by atoms with Gasteiger partial charge in [-0.05, 0) is 5.56 Å². The second kappa shape index (κ2) is 3.00. The summed E-state index contributed by atoms with van der Waals surface area (Å²) in [5, 5.41) is 0. The third-order valence-electron chi connectivity index (χ3n) is 1.39. The van der Waals surface area contributed by atoms with Gasteiger partial charge >= 0.3 is 6.18 Å². The Morgan fingerprint density at radius 1 is 1.42 bits per heavy atom. The first kappa shape index (κ1) is 8.83. The smallest absolute Gasteiger partial charge is 0.367 e. The Bertz CT molecular complexity index is 276. The van der Waals surface area contributed by atoms with Crippen LogP contribution in [0.15, 0.2) is 12.4 Å². The molecule has 12 heavy (non-hydrogen) atoms. The zero-order valence-electron chi connectivity index (χ0n) is 5.98. The molecule has 1 rings (SSSR count). The van der Waals surface area contributed by atoms with E-state index >= 15 is 0 Å². The number of carbonyl (C=O) groups excluding carboxylic acids is 1. The lowest BCUT2D eigenvalue weighted by atomic mass is 10.1. The average molecular weight is 177 g/mol. The summed E-state index contributed by atoms with van der Waals surface area (Å²) in [6.45, 7) is 0. The first-order valence-electron chi connectivity index (χ1n) is 3.20. The number of H-pyrrole nitrogens is 1. The Labute approximate surface area is 66.4 Å². The van der Waals surface area contributed by atoms with Gasteiger partial charge in [0.25, 0.3) is 0 Å². The van der Waals surface area contributed by atoms with Gasteiger partial charge in [-0.2, -0.15) is 13.2 Å². The van der Waals surface area contributed by atoms with Crippen LogP contribution in [-0.4, -0.2) is 17.4 Å². The van der Waals surface area contributed by atoms with E-state index in [9.17, 15) is 18.0 Å². The molecule has 0 aliphatic carbocycles. The fourth-order valence-corrected chi connectivity index (χ4v) is 0.887. The maximum atomic E-state index is 11.8. The third-order valence-corrected chi connectivity index (χ3v) is 1.39. The fourth-order valence-electron chi connectivity index (χ4n) is 0.887. The molecule has 1 aromatic rings. The van der Waals surface area contributed by atoms with Gasteiger partial charge in [0, 0.05) is 18.0 Å². The van der Waals surface area contributed by atoms with Crippen molar-refractivity contribution >= 4 is 6.29 Å². The summed E-state index contributed by atoms with van der Waals surface area (Å²) in [6, 6.07) is 0. The number of carbonyl (C=O) groups is 1. The number of hydrogen-bond acceptors (Lipinski definition) is 1. The Morgan fingerprint density at radius 3 is 2.58 bits per heavy atom. The highest BCUT2D eigenvalue weighted by Crippen LogP contribution is 2.22. The molecule has 1 heterocycles. The van der Waals surface area contributed by atoms with Gasteiger partial charge in [-0.25, -0.2) is 0 Å². The van der Waals surface area contributed by atoms with Crippen molar-refractivity contribution in [1.82, 2.24) is 4.98 Å². The number of halogens is 3. The van der Waals surface area contributed by atoms with Crippen molar-refractivity contribution in [2.24, 2.45) is 0 Å². The molecule has 0 aromatic carbocycles. The van der Waals surface area contributed by atoms with E-state index in [0.717, 1.165) is 0 Å². The van der Waals surface area contributed by atoms with Gasteiger partial charge < -0.3 is 4.98 Å². The van der Waals surface area contributed by atoms with Gasteiger partial charge in [0.15, 0.2) is 6.29 Å². The van der Waals surface area contributed by atoms with E-state index in [1.165, 1.54) is 12.4 Å². The molecular formula is C7H6F3NO. The van der Waals surface area contributed by atoms with Crippen LogP contribution in [0.25, 0.3) is 0 Å². The van der Waals surface area contributed by atoms with Gasteiger partial charge in [-0.1, -0.05) is 0 Å². The molecule has 66 valence electrons. The van der Waals surface area contributed by atoms with E-state index in [1.807, 2.05) is 0 Å². The Kier molecular flexibility index (Phi) is 2.21. The average Bonchev–Trinajstić information content (AvgIpc) is 2.31. The number of nitrogens with one attached hydrogen (secondary N) is 1. The number of aldehydes is 1. The summed E-state index contributed by atoms with van der Waals surface area (Å²) in [7, 11) is 0. The summed E-state index contributed by atoms with van der Waals surface area (Å²) in [4.78, 5) is 12.6. The molecule has 1 N–H and O–H groups in total. The lowest BCUT2D eigenvalue weighted by Crippen LogP contribution is -2.11.